The van der Waals surface area contributed by atoms with Gasteiger partial charge in [0.05, 0.1) is 6.61 Å². The Morgan fingerprint density at radius 1 is 1.20 bits per heavy atom. The third-order valence-electron chi connectivity index (χ3n) is 2.49. The first-order valence-electron chi connectivity index (χ1n) is 5.99. The van der Waals surface area contributed by atoms with Crippen LogP contribution < -0.4 is 11.1 Å². The van der Waals surface area contributed by atoms with E-state index in [1.807, 2.05) is 0 Å². The van der Waals surface area contributed by atoms with Crippen molar-refractivity contribution in [2.75, 3.05) is 13.2 Å². The molecule has 1 unspecified atom stereocenters. The highest BCUT2D eigenvalue weighted by Gasteiger charge is 2.11. The smallest absolute Gasteiger partial charge is 0.105 e. The molecule has 0 aromatic carbocycles. The lowest BCUT2D eigenvalue weighted by atomic mass is 10.1. The fraction of sp³-hybridized carbons (Fsp3) is 1.00. The second kappa shape index (κ2) is 10.4. The predicted octanol–water partition coefficient (Wildman–Crippen LogP) is 0.574. The van der Waals surface area contributed by atoms with Crippen LogP contribution in [0.5, 0.6) is 0 Å². The third kappa shape index (κ3) is 8.81. The first-order chi connectivity index (χ1) is 7.24. The summed E-state index contributed by atoms with van der Waals surface area (Å²) in [5.74, 6) is 0. The Labute approximate surface area is 92.9 Å². The van der Waals surface area contributed by atoms with Gasteiger partial charge in [-0.25, -0.2) is 0 Å². The Kier molecular flexibility index (Phi) is 10.3. The van der Waals surface area contributed by atoms with Gasteiger partial charge in [0.15, 0.2) is 0 Å². The van der Waals surface area contributed by atoms with Crippen molar-refractivity contribution in [1.29, 1.82) is 0 Å². The molecule has 0 amide bonds. The molecule has 5 N–H and O–H groups in total. The van der Waals surface area contributed by atoms with E-state index in [-0.39, 0.29) is 12.6 Å². The first-order valence-corrected chi connectivity index (χ1v) is 5.99. The Balaban J connectivity index is 3.57. The van der Waals surface area contributed by atoms with Crippen molar-refractivity contribution in [2.24, 2.45) is 5.73 Å². The molecule has 0 aromatic heterocycles. The van der Waals surface area contributed by atoms with Crippen LogP contribution in [0.3, 0.4) is 0 Å². The molecule has 0 heterocycles. The highest BCUT2D eigenvalue weighted by molar-refractivity contribution is 4.67. The minimum Gasteiger partial charge on any atom is -0.395 e. The molecule has 0 radical (unpaired) electrons. The van der Waals surface area contributed by atoms with Crippen molar-refractivity contribution < 1.29 is 10.2 Å². The van der Waals surface area contributed by atoms with Gasteiger partial charge in [-0.2, -0.15) is 0 Å². The van der Waals surface area contributed by atoms with E-state index in [1.54, 1.807) is 0 Å². The van der Waals surface area contributed by atoms with Crippen LogP contribution in [0.2, 0.25) is 0 Å². The van der Waals surface area contributed by atoms with Gasteiger partial charge in [0.1, 0.15) is 6.23 Å². The summed E-state index contributed by atoms with van der Waals surface area (Å²) in [5.41, 5.74) is 5.39. The van der Waals surface area contributed by atoms with Gasteiger partial charge >= 0.3 is 0 Å². The molecule has 0 fully saturated rings. The maximum absolute atomic E-state index is 9.59. The fourth-order valence-corrected chi connectivity index (χ4v) is 1.52. The van der Waals surface area contributed by atoms with Crippen molar-refractivity contribution in [3.8, 4) is 0 Å². The number of nitrogens with one attached hydrogen (secondary N) is 1. The van der Waals surface area contributed by atoms with Crippen LogP contribution in [0.15, 0.2) is 0 Å². The van der Waals surface area contributed by atoms with E-state index < -0.39 is 6.23 Å². The quantitative estimate of drug-likeness (QED) is 0.319. The molecule has 0 bridgehead atoms. The van der Waals surface area contributed by atoms with Gasteiger partial charge < -0.3 is 15.9 Å². The van der Waals surface area contributed by atoms with Gasteiger partial charge in [0, 0.05) is 6.04 Å². The van der Waals surface area contributed by atoms with Gasteiger partial charge in [-0.15, -0.1) is 0 Å². The summed E-state index contributed by atoms with van der Waals surface area (Å²) in [6.45, 7) is 2.86. The summed E-state index contributed by atoms with van der Waals surface area (Å²) < 4.78 is 0. The van der Waals surface area contributed by atoms with Crippen LogP contribution in [0, 0.1) is 0 Å². The zero-order valence-corrected chi connectivity index (χ0v) is 9.78. The topological polar surface area (TPSA) is 78.5 Å². The average Bonchev–Trinajstić information content (AvgIpc) is 2.25. The molecule has 0 saturated heterocycles. The summed E-state index contributed by atoms with van der Waals surface area (Å²) in [5, 5.41) is 21.7. The maximum Gasteiger partial charge on any atom is 0.105 e. The van der Waals surface area contributed by atoms with Gasteiger partial charge in [-0.3, -0.25) is 5.32 Å². The lowest BCUT2D eigenvalue weighted by Gasteiger charge is -2.20. The molecular formula is C11H26N2O2. The first kappa shape index (κ1) is 14.8. The lowest BCUT2D eigenvalue weighted by molar-refractivity contribution is 0.0912. The SMILES string of the molecule is CCCCC(O)N[C@H](CO)CCCCN. The minimum absolute atomic E-state index is 0.00315. The standard InChI is InChI=1S/C11H26N2O2/c1-2-3-7-11(15)13-10(9-14)6-4-5-8-12/h10-11,13-15H,2-9,12H2,1H3/t10-,11?/m0/s1. The van der Waals surface area contributed by atoms with Gasteiger partial charge in [-0.05, 0) is 32.2 Å². The number of rotatable bonds is 10. The molecule has 15 heavy (non-hydrogen) atoms. The predicted molar refractivity (Wildman–Crippen MR) is 62.4 cm³/mol. The van der Waals surface area contributed by atoms with Crippen molar-refractivity contribution in [1.82, 2.24) is 5.32 Å². The van der Waals surface area contributed by atoms with Crippen molar-refractivity contribution in [2.45, 2.75) is 57.7 Å². The van der Waals surface area contributed by atoms with Crippen LogP contribution in [-0.4, -0.2) is 35.6 Å². The summed E-state index contributed by atoms with van der Waals surface area (Å²) in [4.78, 5) is 0. The van der Waals surface area contributed by atoms with Gasteiger partial charge in [-0.1, -0.05) is 19.8 Å². The van der Waals surface area contributed by atoms with E-state index in [0.29, 0.717) is 6.54 Å². The molecule has 0 rings (SSSR count). The number of aliphatic hydroxyl groups is 2. The second-order valence-corrected chi connectivity index (χ2v) is 3.99. The van der Waals surface area contributed by atoms with Crippen molar-refractivity contribution >= 4 is 0 Å². The number of hydrogen-bond donors (Lipinski definition) is 4. The molecule has 0 spiro atoms. The van der Waals surface area contributed by atoms with Gasteiger partial charge in [0.2, 0.25) is 0 Å². The molecule has 4 nitrogen and oxygen atoms in total. The number of aliphatic hydroxyl groups excluding tert-OH is 2. The van der Waals surface area contributed by atoms with Crippen LogP contribution in [0.1, 0.15) is 45.4 Å². The molecule has 0 aromatic rings. The van der Waals surface area contributed by atoms with Crippen LogP contribution in [0.25, 0.3) is 0 Å². The van der Waals surface area contributed by atoms with Crippen LogP contribution in [-0.2, 0) is 0 Å². The summed E-state index contributed by atoms with van der Waals surface area (Å²) in [6, 6.07) is 0.00315. The molecule has 0 aliphatic heterocycles. The minimum atomic E-state index is -0.486. The lowest BCUT2D eigenvalue weighted by Crippen LogP contribution is -2.40. The Hall–Kier alpha value is -0.160. The average molecular weight is 218 g/mol. The van der Waals surface area contributed by atoms with E-state index in [1.165, 1.54) is 0 Å². The van der Waals surface area contributed by atoms with E-state index in [0.717, 1.165) is 38.5 Å². The van der Waals surface area contributed by atoms with Crippen molar-refractivity contribution in [3.05, 3.63) is 0 Å². The zero-order valence-electron chi connectivity index (χ0n) is 9.78. The summed E-state index contributed by atoms with van der Waals surface area (Å²) in [7, 11) is 0. The molecule has 0 aliphatic rings. The molecule has 0 saturated carbocycles. The largest absolute Gasteiger partial charge is 0.395 e. The highest BCUT2D eigenvalue weighted by Crippen LogP contribution is 2.03. The Morgan fingerprint density at radius 2 is 1.93 bits per heavy atom. The highest BCUT2D eigenvalue weighted by atomic mass is 16.3. The second-order valence-electron chi connectivity index (χ2n) is 3.99. The zero-order chi connectivity index (χ0) is 11.5. The Bertz CT molecular complexity index is 134. The molecular weight excluding hydrogens is 192 g/mol. The maximum atomic E-state index is 9.59. The normalized spacial score (nSPS) is 15.2. The van der Waals surface area contributed by atoms with E-state index in [9.17, 15) is 5.11 Å². The summed E-state index contributed by atoms with van der Waals surface area (Å²) in [6.07, 6.45) is 5.20. The summed E-state index contributed by atoms with van der Waals surface area (Å²) >= 11 is 0. The Morgan fingerprint density at radius 3 is 2.47 bits per heavy atom. The van der Waals surface area contributed by atoms with Gasteiger partial charge in [0.25, 0.3) is 0 Å². The van der Waals surface area contributed by atoms with E-state index in [2.05, 4.69) is 12.2 Å². The molecule has 4 heteroatoms. The van der Waals surface area contributed by atoms with E-state index >= 15 is 0 Å². The molecule has 2 atom stereocenters. The molecule has 92 valence electrons. The van der Waals surface area contributed by atoms with E-state index in [4.69, 9.17) is 10.8 Å². The fourth-order valence-electron chi connectivity index (χ4n) is 1.52. The number of nitrogens with two attached hydrogens (primary N) is 1. The van der Waals surface area contributed by atoms with Crippen molar-refractivity contribution in [3.63, 3.8) is 0 Å². The number of hydrogen-bond acceptors (Lipinski definition) is 4. The number of unbranched alkanes of at least 4 members (excludes halogenated alkanes) is 2. The monoisotopic (exact) mass is 218 g/mol. The third-order valence-corrected chi connectivity index (χ3v) is 2.49. The van der Waals surface area contributed by atoms with Crippen LogP contribution in [0.4, 0.5) is 0 Å². The molecule has 0 aliphatic carbocycles. The van der Waals surface area contributed by atoms with Crippen LogP contribution >= 0.6 is 0 Å².